The molecule has 0 aliphatic rings. The van der Waals surface area contributed by atoms with Gasteiger partial charge in [-0.05, 0) is 37.1 Å². The third kappa shape index (κ3) is 4.42. The van der Waals surface area contributed by atoms with E-state index in [2.05, 4.69) is 31.5 Å². The first-order valence-corrected chi connectivity index (χ1v) is 8.77. The van der Waals surface area contributed by atoms with Crippen LogP contribution in [0.15, 0.2) is 41.7 Å². The minimum absolute atomic E-state index is 0.0314. The van der Waals surface area contributed by atoms with E-state index >= 15 is 0 Å². The van der Waals surface area contributed by atoms with Gasteiger partial charge >= 0.3 is 0 Å². The Morgan fingerprint density at radius 2 is 2.00 bits per heavy atom. The Bertz CT molecular complexity index is 1110. The summed E-state index contributed by atoms with van der Waals surface area (Å²) in [5, 5.41) is 7.29. The Labute approximate surface area is 164 Å². The molecule has 9 heteroatoms. The Morgan fingerprint density at radius 1 is 1.18 bits per heavy atom. The van der Waals surface area contributed by atoms with E-state index in [1.54, 1.807) is 13.0 Å². The van der Waals surface area contributed by atoms with Gasteiger partial charge in [0, 0.05) is 29.7 Å². The average molecular weight is 396 g/mol. The van der Waals surface area contributed by atoms with Crippen molar-refractivity contribution in [2.24, 2.45) is 0 Å². The maximum atomic E-state index is 14.7. The first kappa shape index (κ1) is 19.3. The second kappa shape index (κ2) is 8.45. The Kier molecular flexibility index (Phi) is 5.81. The van der Waals surface area contributed by atoms with Crippen LogP contribution in [0.2, 0.25) is 0 Å². The molecule has 4 N–H and O–H groups in total. The Morgan fingerprint density at radius 3 is 2.79 bits per heavy atom. The van der Waals surface area contributed by atoms with Gasteiger partial charge in [0.1, 0.15) is 11.6 Å². The van der Waals surface area contributed by atoms with Gasteiger partial charge in [-0.3, -0.25) is 4.98 Å². The molecular weight excluding hydrogens is 382 g/mol. The van der Waals surface area contributed by atoms with Crippen LogP contribution in [0, 0.1) is 35.8 Å². The molecule has 0 radical (unpaired) electrons. The van der Waals surface area contributed by atoms with Gasteiger partial charge in [0.25, 0.3) is 0 Å². The van der Waals surface area contributed by atoms with Gasteiger partial charge in [-0.1, -0.05) is 11.8 Å². The van der Waals surface area contributed by atoms with Crippen LogP contribution in [-0.4, -0.2) is 21.2 Å². The zero-order valence-electron chi connectivity index (χ0n) is 14.6. The molecule has 0 spiro atoms. The van der Waals surface area contributed by atoms with Gasteiger partial charge in [-0.25, -0.2) is 18.7 Å². The molecule has 3 rings (SSSR count). The van der Waals surface area contributed by atoms with Crippen molar-refractivity contribution in [3.8, 4) is 11.8 Å². The monoisotopic (exact) mass is 396 g/mol. The highest BCUT2D eigenvalue weighted by atomic mass is 32.2. The standard InChI is InChI=1S/C19H14F2N6S/c1-11-16(7-15(20)10-25-11)28-27-19-17(21)13(4-5-24-19)3-2-12-6-14(8-22)18(23)26-9-12/h4-10,22H,1H3,(H2,23,26)(H,24,27). The van der Waals surface area contributed by atoms with Gasteiger partial charge < -0.3 is 15.9 Å². The molecule has 0 bridgehead atoms. The van der Waals surface area contributed by atoms with Crippen molar-refractivity contribution in [3.63, 3.8) is 0 Å². The van der Waals surface area contributed by atoms with E-state index < -0.39 is 11.6 Å². The van der Waals surface area contributed by atoms with Crippen molar-refractivity contribution in [2.75, 3.05) is 10.5 Å². The van der Waals surface area contributed by atoms with Crippen LogP contribution in [0.1, 0.15) is 22.4 Å². The van der Waals surface area contributed by atoms with Crippen LogP contribution >= 0.6 is 11.9 Å². The molecule has 0 amide bonds. The highest BCUT2D eigenvalue weighted by Gasteiger charge is 2.10. The number of aryl methyl sites for hydroxylation is 1. The van der Waals surface area contributed by atoms with E-state index in [1.165, 1.54) is 24.5 Å². The van der Waals surface area contributed by atoms with Crippen molar-refractivity contribution in [1.29, 1.82) is 5.41 Å². The SMILES string of the molecule is Cc1ncc(F)cc1SNc1nccc(C#Cc2cnc(N)c(C=N)c2)c1F. The lowest BCUT2D eigenvalue weighted by molar-refractivity contribution is 0.615. The molecule has 3 aromatic rings. The highest BCUT2D eigenvalue weighted by molar-refractivity contribution is 8.00. The topological polar surface area (TPSA) is 101 Å². The molecule has 0 aliphatic carbocycles. The van der Waals surface area contributed by atoms with Crippen molar-refractivity contribution < 1.29 is 8.78 Å². The summed E-state index contributed by atoms with van der Waals surface area (Å²) in [6, 6.07) is 4.34. The van der Waals surface area contributed by atoms with E-state index in [9.17, 15) is 8.78 Å². The van der Waals surface area contributed by atoms with Gasteiger partial charge in [0.2, 0.25) is 0 Å². The molecule has 0 fully saturated rings. The molecule has 6 nitrogen and oxygen atoms in total. The van der Waals surface area contributed by atoms with E-state index in [0.717, 1.165) is 24.4 Å². The fourth-order valence-electron chi connectivity index (χ4n) is 2.12. The number of hydrogen-bond donors (Lipinski definition) is 3. The second-order valence-corrected chi connectivity index (χ2v) is 6.40. The number of pyridine rings is 3. The summed E-state index contributed by atoms with van der Waals surface area (Å²) in [6.07, 6.45) is 5.05. The summed E-state index contributed by atoms with van der Waals surface area (Å²) in [5.41, 5.74) is 7.29. The van der Waals surface area contributed by atoms with Crippen molar-refractivity contribution in [2.45, 2.75) is 11.8 Å². The van der Waals surface area contributed by atoms with Gasteiger partial charge in [-0.2, -0.15) is 0 Å². The number of nitrogens with zero attached hydrogens (tertiary/aromatic N) is 3. The first-order chi connectivity index (χ1) is 13.5. The Balaban J connectivity index is 1.82. The molecule has 3 heterocycles. The number of rotatable bonds is 4. The van der Waals surface area contributed by atoms with Gasteiger partial charge in [0.15, 0.2) is 11.6 Å². The lowest BCUT2D eigenvalue weighted by Crippen LogP contribution is -1.99. The van der Waals surface area contributed by atoms with E-state index in [1.807, 2.05) is 0 Å². The van der Waals surface area contributed by atoms with Gasteiger partial charge in [-0.15, -0.1) is 0 Å². The predicted molar refractivity (Wildman–Crippen MR) is 105 cm³/mol. The molecule has 0 atom stereocenters. The fourth-order valence-corrected chi connectivity index (χ4v) is 2.84. The Hall–Kier alpha value is -3.51. The summed E-state index contributed by atoms with van der Waals surface area (Å²) in [6.45, 7) is 1.72. The number of halogens is 2. The first-order valence-electron chi connectivity index (χ1n) is 7.95. The van der Waals surface area contributed by atoms with Crippen LogP contribution in [0.4, 0.5) is 20.4 Å². The maximum absolute atomic E-state index is 14.7. The molecule has 0 saturated heterocycles. The summed E-state index contributed by atoms with van der Waals surface area (Å²) in [4.78, 5) is 12.3. The molecule has 0 saturated carbocycles. The van der Waals surface area contributed by atoms with E-state index in [4.69, 9.17) is 11.1 Å². The molecule has 0 unspecified atom stereocenters. The van der Waals surface area contributed by atoms with Crippen molar-refractivity contribution >= 4 is 29.8 Å². The highest BCUT2D eigenvalue weighted by Crippen LogP contribution is 2.25. The van der Waals surface area contributed by atoms with Crippen LogP contribution in [-0.2, 0) is 0 Å². The predicted octanol–water partition coefficient (Wildman–Crippen LogP) is 3.56. The number of nitrogens with two attached hydrogens (primary N) is 1. The molecule has 0 aliphatic heterocycles. The molecular formula is C19H14F2N6S. The quantitative estimate of drug-likeness (QED) is 0.354. The maximum Gasteiger partial charge on any atom is 0.181 e. The summed E-state index contributed by atoms with van der Waals surface area (Å²) < 4.78 is 30.7. The van der Waals surface area contributed by atoms with Crippen molar-refractivity contribution in [3.05, 3.63) is 70.8 Å². The summed E-state index contributed by atoms with van der Waals surface area (Å²) in [5.74, 6) is 4.58. The third-order valence-electron chi connectivity index (χ3n) is 3.60. The van der Waals surface area contributed by atoms with Crippen LogP contribution in [0.3, 0.4) is 0 Å². The van der Waals surface area contributed by atoms with E-state index in [0.29, 0.717) is 21.7 Å². The summed E-state index contributed by atoms with van der Waals surface area (Å²) >= 11 is 1.01. The fraction of sp³-hybridized carbons (Fsp3) is 0.0526. The smallest absolute Gasteiger partial charge is 0.181 e. The number of nitrogens with one attached hydrogen (secondary N) is 2. The molecule has 3 aromatic heterocycles. The van der Waals surface area contributed by atoms with E-state index in [-0.39, 0.29) is 17.2 Å². The minimum atomic E-state index is -0.639. The number of hydrogen-bond acceptors (Lipinski definition) is 7. The van der Waals surface area contributed by atoms with Crippen LogP contribution in [0.25, 0.3) is 0 Å². The zero-order valence-corrected chi connectivity index (χ0v) is 15.4. The normalized spacial score (nSPS) is 10.1. The lowest BCUT2D eigenvalue weighted by atomic mass is 10.2. The van der Waals surface area contributed by atoms with Crippen molar-refractivity contribution in [1.82, 2.24) is 15.0 Å². The molecule has 140 valence electrons. The number of aromatic nitrogens is 3. The average Bonchev–Trinajstić information content (AvgIpc) is 2.69. The zero-order chi connectivity index (χ0) is 20.1. The largest absolute Gasteiger partial charge is 0.383 e. The lowest BCUT2D eigenvalue weighted by Gasteiger charge is -2.08. The van der Waals surface area contributed by atoms with Gasteiger partial charge in [0.05, 0.1) is 22.3 Å². The number of nitrogen functional groups attached to an aromatic ring is 1. The second-order valence-electron chi connectivity index (χ2n) is 5.56. The van der Waals surface area contributed by atoms with Crippen LogP contribution < -0.4 is 10.5 Å². The third-order valence-corrected chi connectivity index (χ3v) is 4.53. The number of anilines is 2. The molecule has 0 aromatic carbocycles. The van der Waals surface area contributed by atoms with Crippen LogP contribution in [0.5, 0.6) is 0 Å². The minimum Gasteiger partial charge on any atom is -0.383 e. The molecule has 28 heavy (non-hydrogen) atoms. The summed E-state index contributed by atoms with van der Waals surface area (Å²) in [7, 11) is 0.